The Hall–Kier alpha value is -2.27. The van der Waals surface area contributed by atoms with Crippen molar-refractivity contribution in [2.45, 2.75) is 17.1 Å². The van der Waals surface area contributed by atoms with E-state index in [1.54, 1.807) is 30.5 Å². The van der Waals surface area contributed by atoms with E-state index in [2.05, 4.69) is 9.97 Å². The van der Waals surface area contributed by atoms with E-state index in [1.165, 1.54) is 18.9 Å². The van der Waals surface area contributed by atoms with Crippen molar-refractivity contribution < 1.29 is 22.6 Å². The molecule has 0 saturated heterocycles. The van der Waals surface area contributed by atoms with Crippen molar-refractivity contribution in [3.05, 3.63) is 40.2 Å². The molecule has 0 aliphatic rings. The highest BCUT2D eigenvalue weighted by atomic mass is 32.2. The number of halogens is 3. The van der Waals surface area contributed by atoms with Crippen LogP contribution >= 0.6 is 23.1 Å². The molecule has 27 heavy (non-hydrogen) atoms. The number of rotatable bonds is 6. The van der Waals surface area contributed by atoms with Crippen LogP contribution in [0, 0.1) is 0 Å². The van der Waals surface area contributed by atoms with Gasteiger partial charge in [-0.15, -0.1) is 0 Å². The summed E-state index contributed by atoms with van der Waals surface area (Å²) < 4.78 is 49.3. The van der Waals surface area contributed by atoms with Crippen LogP contribution in [0.5, 0.6) is 11.8 Å². The first-order valence-corrected chi connectivity index (χ1v) is 9.62. The fourth-order valence-corrected chi connectivity index (χ4v) is 3.68. The van der Waals surface area contributed by atoms with Gasteiger partial charge in [-0.3, -0.25) is 9.36 Å². The lowest BCUT2D eigenvalue weighted by Gasteiger charge is -2.14. The van der Waals surface area contributed by atoms with Gasteiger partial charge in [-0.2, -0.15) is 18.2 Å². The highest BCUT2D eigenvalue weighted by Crippen LogP contribution is 2.27. The first-order chi connectivity index (χ1) is 12.8. The Morgan fingerprint density at radius 3 is 2.52 bits per heavy atom. The van der Waals surface area contributed by atoms with Crippen molar-refractivity contribution in [3.8, 4) is 11.8 Å². The molecule has 0 bridgehead atoms. The van der Waals surface area contributed by atoms with Gasteiger partial charge in [0, 0.05) is 0 Å². The zero-order valence-electron chi connectivity index (χ0n) is 14.2. The lowest BCUT2D eigenvalue weighted by molar-refractivity contribution is -0.155. The number of hydrogen-bond acceptors (Lipinski definition) is 7. The normalized spacial score (nSPS) is 11.7. The fraction of sp³-hybridized carbons (Fsp3) is 0.312. The number of thioether (sulfide) groups is 1. The number of hydrogen-bond donors (Lipinski definition) is 0. The molecule has 2 heterocycles. The van der Waals surface area contributed by atoms with E-state index in [4.69, 9.17) is 9.47 Å². The summed E-state index contributed by atoms with van der Waals surface area (Å²) in [6, 6.07) is 6.40. The number of aromatic nitrogens is 3. The van der Waals surface area contributed by atoms with Gasteiger partial charge >= 0.3 is 12.2 Å². The summed E-state index contributed by atoms with van der Waals surface area (Å²) in [5, 5.41) is 0. The number of benzene rings is 1. The van der Waals surface area contributed by atoms with Crippen molar-refractivity contribution >= 4 is 33.4 Å². The number of nitrogens with zero attached hydrogens (tertiary/aromatic N) is 3. The van der Waals surface area contributed by atoms with Crippen LogP contribution in [0.15, 0.2) is 33.4 Å². The summed E-state index contributed by atoms with van der Waals surface area (Å²) in [6.45, 7) is -1.55. The van der Waals surface area contributed by atoms with Crippen LogP contribution in [-0.4, -0.2) is 40.7 Å². The molecule has 0 atom stereocenters. The fourth-order valence-electron chi connectivity index (χ4n) is 2.27. The maximum Gasteiger partial charge on any atom is 0.422 e. The summed E-state index contributed by atoms with van der Waals surface area (Å²) >= 11 is 2.45. The monoisotopic (exact) mass is 417 g/mol. The first-order valence-electron chi connectivity index (χ1n) is 7.58. The zero-order valence-corrected chi connectivity index (χ0v) is 15.9. The topological polar surface area (TPSA) is 66.2 Å². The number of thiazole rings is 1. The molecular formula is C16H14F3N3O3S2. The molecule has 0 spiro atoms. The van der Waals surface area contributed by atoms with Gasteiger partial charge in [-0.1, -0.05) is 35.2 Å². The Labute approximate surface area is 160 Å². The minimum absolute atomic E-state index is 0.00884. The van der Waals surface area contributed by atoms with E-state index >= 15 is 0 Å². The molecule has 11 heteroatoms. The molecule has 0 saturated carbocycles. The maximum atomic E-state index is 12.8. The molecule has 0 aliphatic heterocycles. The van der Waals surface area contributed by atoms with E-state index in [1.807, 2.05) is 0 Å². The molecule has 2 aromatic heterocycles. The van der Waals surface area contributed by atoms with Crippen LogP contribution in [0.25, 0.3) is 10.3 Å². The molecule has 6 nitrogen and oxygen atoms in total. The van der Waals surface area contributed by atoms with E-state index in [0.29, 0.717) is 15.7 Å². The van der Waals surface area contributed by atoms with Gasteiger partial charge in [-0.05, 0) is 24.0 Å². The third-order valence-corrected chi connectivity index (χ3v) is 5.44. The van der Waals surface area contributed by atoms with Crippen LogP contribution in [0.1, 0.15) is 5.56 Å². The van der Waals surface area contributed by atoms with Crippen molar-refractivity contribution in [2.24, 2.45) is 0 Å². The third kappa shape index (κ3) is 4.53. The van der Waals surface area contributed by atoms with Gasteiger partial charge in [0.05, 0.1) is 13.7 Å². The Balaban J connectivity index is 2.05. The lowest BCUT2D eigenvalue weighted by atomic mass is 10.2. The Kier molecular flexibility index (Phi) is 5.61. The van der Waals surface area contributed by atoms with Crippen LogP contribution in [0.3, 0.4) is 0 Å². The van der Waals surface area contributed by atoms with Crippen LogP contribution in [-0.2, 0) is 6.54 Å². The summed E-state index contributed by atoms with van der Waals surface area (Å²) in [7, 11) is 1.52. The predicted octanol–water partition coefficient (Wildman–Crippen LogP) is 3.57. The summed E-state index contributed by atoms with van der Waals surface area (Å²) in [5.74, 6) is 0.623. The molecule has 0 N–H and O–H groups in total. The third-order valence-electron chi connectivity index (χ3n) is 3.50. The van der Waals surface area contributed by atoms with Gasteiger partial charge in [0.25, 0.3) is 5.56 Å². The van der Waals surface area contributed by atoms with Crippen molar-refractivity contribution in [3.63, 3.8) is 0 Å². The summed E-state index contributed by atoms with van der Waals surface area (Å²) in [5.41, 5.74) is 0.234. The molecular weight excluding hydrogens is 403 g/mol. The molecule has 0 radical (unpaired) electrons. The Morgan fingerprint density at radius 1 is 1.22 bits per heavy atom. The minimum Gasteiger partial charge on any atom is -0.497 e. The second kappa shape index (κ2) is 7.77. The smallest absolute Gasteiger partial charge is 0.422 e. The SMILES string of the molecule is COc1ccc(Cn2c(OCC(F)(F)F)nc3sc(SC)nc3c2=O)cc1. The zero-order chi connectivity index (χ0) is 19.6. The van der Waals surface area contributed by atoms with E-state index in [-0.39, 0.29) is 16.9 Å². The average Bonchev–Trinajstić information content (AvgIpc) is 3.06. The molecule has 0 unspecified atom stereocenters. The predicted molar refractivity (Wildman–Crippen MR) is 97.1 cm³/mol. The summed E-state index contributed by atoms with van der Waals surface area (Å²) in [4.78, 5) is 21.3. The van der Waals surface area contributed by atoms with Crippen LogP contribution < -0.4 is 15.0 Å². The summed E-state index contributed by atoms with van der Waals surface area (Å²) in [6.07, 6.45) is -2.76. The molecule has 144 valence electrons. The van der Waals surface area contributed by atoms with E-state index in [0.717, 1.165) is 15.9 Å². The van der Waals surface area contributed by atoms with Gasteiger partial charge < -0.3 is 9.47 Å². The van der Waals surface area contributed by atoms with Crippen molar-refractivity contribution in [1.82, 2.24) is 14.5 Å². The first kappa shape index (κ1) is 19.5. The van der Waals surface area contributed by atoms with Gasteiger partial charge in [0.1, 0.15) is 5.75 Å². The van der Waals surface area contributed by atoms with Crippen LogP contribution in [0.4, 0.5) is 13.2 Å². The number of alkyl halides is 3. The number of fused-ring (bicyclic) bond motifs is 1. The molecule has 3 rings (SSSR count). The second-order valence-corrected chi connectivity index (χ2v) is 7.41. The molecule has 0 aliphatic carbocycles. The van der Waals surface area contributed by atoms with Gasteiger partial charge in [0.15, 0.2) is 21.3 Å². The van der Waals surface area contributed by atoms with Gasteiger partial charge in [-0.25, -0.2) is 4.98 Å². The van der Waals surface area contributed by atoms with Crippen molar-refractivity contribution in [1.29, 1.82) is 0 Å². The Morgan fingerprint density at radius 2 is 1.93 bits per heavy atom. The minimum atomic E-state index is -4.55. The lowest BCUT2D eigenvalue weighted by Crippen LogP contribution is -2.27. The molecule has 0 amide bonds. The molecule has 0 fully saturated rings. The van der Waals surface area contributed by atoms with Crippen molar-refractivity contribution in [2.75, 3.05) is 20.0 Å². The number of methoxy groups -OCH3 is 1. The largest absolute Gasteiger partial charge is 0.497 e. The maximum absolute atomic E-state index is 12.8. The van der Waals surface area contributed by atoms with E-state index < -0.39 is 24.4 Å². The highest BCUT2D eigenvalue weighted by Gasteiger charge is 2.30. The molecule has 3 aromatic rings. The molecule has 1 aromatic carbocycles. The standard InChI is InChI=1S/C16H14F3N3O3S2/c1-24-10-5-3-9(4-6-10)7-22-13(23)11-12(27-15(20-11)26-2)21-14(22)25-8-16(17,18)19/h3-6H,7-8H2,1-2H3. The van der Waals surface area contributed by atoms with E-state index in [9.17, 15) is 18.0 Å². The van der Waals surface area contributed by atoms with Gasteiger partial charge in [0.2, 0.25) is 0 Å². The highest BCUT2D eigenvalue weighted by molar-refractivity contribution is 8.00. The Bertz CT molecular complexity index is 1000. The quantitative estimate of drug-likeness (QED) is 0.572. The van der Waals surface area contributed by atoms with Crippen LogP contribution in [0.2, 0.25) is 0 Å². The number of ether oxygens (including phenoxy) is 2. The average molecular weight is 417 g/mol. The second-order valence-electron chi connectivity index (χ2n) is 5.38.